The Kier molecular flexibility index (Phi) is 5.93. The topological polar surface area (TPSA) is 68.0 Å². The first kappa shape index (κ1) is 19.1. The zero-order valence-corrected chi connectivity index (χ0v) is 15.8. The highest BCUT2D eigenvalue weighted by Gasteiger charge is 2.18. The number of aliphatic carboxylic acids is 1. The van der Waals surface area contributed by atoms with Gasteiger partial charge >= 0.3 is 5.97 Å². The van der Waals surface area contributed by atoms with E-state index in [1.807, 2.05) is 23.6 Å². The highest BCUT2D eigenvalue weighted by molar-refractivity contribution is 8.04. The maximum absolute atomic E-state index is 13.0. The molecule has 0 saturated heterocycles. The monoisotopic (exact) mass is 403 g/mol. The molecule has 0 aliphatic heterocycles. The molecule has 1 aromatic heterocycles. The van der Waals surface area contributed by atoms with Gasteiger partial charge < -0.3 is 9.67 Å². The van der Waals surface area contributed by atoms with Crippen LogP contribution in [0.5, 0.6) is 0 Å². The maximum atomic E-state index is 13.0. The lowest BCUT2D eigenvalue weighted by atomic mass is 10.2. The fourth-order valence-corrected chi connectivity index (χ4v) is 3.42. The number of hydrogen-bond donors (Lipinski definition) is 1. The van der Waals surface area contributed by atoms with Crippen LogP contribution in [0.15, 0.2) is 58.6 Å². The van der Waals surface area contributed by atoms with Crippen LogP contribution < -0.4 is 0 Å². The summed E-state index contributed by atoms with van der Waals surface area (Å²) >= 11 is 6.92. The Hall–Kier alpha value is -2.64. The fourth-order valence-electron chi connectivity index (χ4n) is 2.41. The van der Waals surface area contributed by atoms with Crippen LogP contribution in [0.25, 0.3) is 17.5 Å². The number of carboxylic acids is 1. The molecule has 5 nitrogen and oxygen atoms in total. The molecule has 0 atom stereocenters. The summed E-state index contributed by atoms with van der Waals surface area (Å²) in [5, 5.41) is 18.9. The molecule has 3 rings (SSSR count). The third kappa shape index (κ3) is 4.56. The van der Waals surface area contributed by atoms with Crippen LogP contribution in [0.4, 0.5) is 4.39 Å². The number of hydrogen-bond acceptors (Lipinski definition) is 4. The van der Waals surface area contributed by atoms with Crippen molar-refractivity contribution in [2.45, 2.75) is 18.6 Å². The van der Waals surface area contributed by atoms with E-state index < -0.39 is 5.97 Å². The maximum Gasteiger partial charge on any atom is 0.342 e. The molecular formula is C19H15ClFN3O2S. The van der Waals surface area contributed by atoms with Crippen molar-refractivity contribution in [3.05, 3.63) is 69.8 Å². The number of nitrogens with zero attached hydrogens (tertiary/aromatic N) is 3. The van der Waals surface area contributed by atoms with Gasteiger partial charge in [-0.2, -0.15) is 0 Å². The van der Waals surface area contributed by atoms with Gasteiger partial charge in [0.2, 0.25) is 0 Å². The van der Waals surface area contributed by atoms with Crippen LogP contribution in [-0.4, -0.2) is 25.8 Å². The minimum atomic E-state index is -1.09. The van der Waals surface area contributed by atoms with Gasteiger partial charge in [-0.25, -0.2) is 9.18 Å². The fraction of sp³-hybridized carbons (Fsp3) is 0.105. The van der Waals surface area contributed by atoms with E-state index in [2.05, 4.69) is 10.2 Å². The lowest BCUT2D eigenvalue weighted by Gasteiger charge is -2.08. The van der Waals surface area contributed by atoms with E-state index in [9.17, 15) is 14.3 Å². The third-order valence-electron chi connectivity index (χ3n) is 3.72. The normalized spacial score (nSPS) is 11.6. The number of thioether (sulfide) groups is 1. The SMILES string of the molecule is CCn1c(S/C(=C/c2ccc(F)cc2)C(=O)O)nnc1-c1ccc(Cl)cc1. The predicted molar refractivity (Wildman–Crippen MR) is 104 cm³/mol. The largest absolute Gasteiger partial charge is 0.477 e. The molecule has 1 heterocycles. The van der Waals surface area contributed by atoms with E-state index >= 15 is 0 Å². The summed E-state index contributed by atoms with van der Waals surface area (Å²) in [4.78, 5) is 11.7. The highest BCUT2D eigenvalue weighted by Crippen LogP contribution is 2.30. The molecule has 138 valence electrons. The van der Waals surface area contributed by atoms with E-state index in [4.69, 9.17) is 11.6 Å². The molecular weight excluding hydrogens is 389 g/mol. The molecule has 0 bridgehead atoms. The van der Waals surface area contributed by atoms with Crippen molar-refractivity contribution in [2.24, 2.45) is 0 Å². The number of aromatic nitrogens is 3. The van der Waals surface area contributed by atoms with Crippen molar-refractivity contribution in [3.63, 3.8) is 0 Å². The van der Waals surface area contributed by atoms with Crippen LogP contribution in [-0.2, 0) is 11.3 Å². The van der Waals surface area contributed by atoms with Crippen LogP contribution in [0.3, 0.4) is 0 Å². The second-order valence-electron chi connectivity index (χ2n) is 5.52. The van der Waals surface area contributed by atoms with Gasteiger partial charge in [0, 0.05) is 17.1 Å². The summed E-state index contributed by atoms with van der Waals surface area (Å²) in [5.74, 6) is -0.846. The summed E-state index contributed by atoms with van der Waals surface area (Å²) in [7, 11) is 0. The molecule has 0 aliphatic rings. The van der Waals surface area contributed by atoms with Gasteiger partial charge in [0.05, 0.1) is 0 Å². The molecule has 0 spiro atoms. The lowest BCUT2D eigenvalue weighted by Crippen LogP contribution is -2.02. The lowest BCUT2D eigenvalue weighted by molar-refractivity contribution is -0.131. The average Bonchev–Trinajstić information content (AvgIpc) is 3.06. The van der Waals surface area contributed by atoms with E-state index in [1.165, 1.54) is 30.3 Å². The number of halogens is 2. The minimum Gasteiger partial charge on any atom is -0.477 e. The molecule has 2 aromatic carbocycles. The van der Waals surface area contributed by atoms with Crippen LogP contribution in [0.1, 0.15) is 12.5 Å². The van der Waals surface area contributed by atoms with Gasteiger partial charge in [-0.05, 0) is 66.7 Å². The van der Waals surface area contributed by atoms with E-state index in [-0.39, 0.29) is 10.7 Å². The molecule has 3 aromatic rings. The first-order valence-electron chi connectivity index (χ1n) is 8.05. The summed E-state index contributed by atoms with van der Waals surface area (Å²) in [5.41, 5.74) is 1.42. The first-order valence-corrected chi connectivity index (χ1v) is 9.25. The molecule has 0 unspecified atom stereocenters. The summed E-state index contributed by atoms with van der Waals surface area (Å²) in [6.45, 7) is 2.49. The van der Waals surface area contributed by atoms with E-state index in [0.29, 0.717) is 28.1 Å². The molecule has 0 saturated carbocycles. The molecule has 27 heavy (non-hydrogen) atoms. The molecule has 0 fully saturated rings. The Bertz CT molecular complexity index is 985. The third-order valence-corrected chi connectivity index (χ3v) is 4.96. The van der Waals surface area contributed by atoms with Crippen molar-refractivity contribution in [3.8, 4) is 11.4 Å². The second-order valence-corrected chi connectivity index (χ2v) is 6.97. The summed E-state index contributed by atoms with van der Waals surface area (Å²) in [6.07, 6.45) is 1.48. The predicted octanol–water partition coefficient (Wildman–Crippen LogP) is 4.98. The Balaban J connectivity index is 1.94. The Labute approximate surface area is 164 Å². The molecule has 0 amide bonds. The van der Waals surface area contributed by atoms with E-state index in [1.54, 1.807) is 12.1 Å². The molecule has 1 N–H and O–H groups in total. The van der Waals surface area contributed by atoms with Gasteiger partial charge in [-0.3, -0.25) is 0 Å². The zero-order valence-electron chi connectivity index (χ0n) is 14.3. The average molecular weight is 404 g/mol. The highest BCUT2D eigenvalue weighted by atomic mass is 35.5. The second kappa shape index (κ2) is 8.37. The Morgan fingerprint density at radius 2 is 1.85 bits per heavy atom. The number of carbonyl (C=O) groups is 1. The minimum absolute atomic E-state index is 0.0614. The van der Waals surface area contributed by atoms with E-state index in [0.717, 1.165) is 17.3 Å². The van der Waals surface area contributed by atoms with Crippen molar-refractivity contribution in [1.29, 1.82) is 0 Å². The van der Waals surface area contributed by atoms with Gasteiger partial charge in [0.1, 0.15) is 10.7 Å². The van der Waals surface area contributed by atoms with Gasteiger partial charge in [-0.15, -0.1) is 10.2 Å². The first-order chi connectivity index (χ1) is 13.0. The molecule has 0 aliphatic carbocycles. The quantitative estimate of drug-likeness (QED) is 0.464. The standard InChI is InChI=1S/C19H15ClFN3O2S/c1-2-24-17(13-5-7-14(20)8-6-13)22-23-19(24)27-16(18(25)26)11-12-3-9-15(21)10-4-12/h3-11H,2H2,1H3,(H,25,26)/b16-11+. The smallest absolute Gasteiger partial charge is 0.342 e. The Morgan fingerprint density at radius 3 is 2.44 bits per heavy atom. The van der Waals surface area contributed by atoms with Gasteiger partial charge in [0.15, 0.2) is 11.0 Å². The Morgan fingerprint density at radius 1 is 1.19 bits per heavy atom. The van der Waals surface area contributed by atoms with Crippen molar-refractivity contribution in [1.82, 2.24) is 14.8 Å². The van der Waals surface area contributed by atoms with Crippen LogP contribution >= 0.6 is 23.4 Å². The number of benzene rings is 2. The zero-order chi connectivity index (χ0) is 19.4. The summed E-state index contributed by atoms with van der Waals surface area (Å²) in [6, 6.07) is 12.8. The number of carboxylic acid groups (broad SMARTS) is 1. The van der Waals surface area contributed by atoms with Crippen LogP contribution in [0, 0.1) is 5.82 Å². The van der Waals surface area contributed by atoms with Crippen molar-refractivity contribution < 1.29 is 14.3 Å². The molecule has 0 radical (unpaired) electrons. The van der Waals surface area contributed by atoms with Crippen molar-refractivity contribution in [2.75, 3.05) is 0 Å². The van der Waals surface area contributed by atoms with Crippen LogP contribution in [0.2, 0.25) is 5.02 Å². The summed E-state index contributed by atoms with van der Waals surface area (Å²) < 4.78 is 14.9. The number of rotatable bonds is 6. The van der Waals surface area contributed by atoms with Crippen molar-refractivity contribution >= 4 is 35.4 Å². The van der Waals surface area contributed by atoms with Gasteiger partial charge in [0.25, 0.3) is 0 Å². The molecule has 8 heteroatoms. The van der Waals surface area contributed by atoms with Gasteiger partial charge in [-0.1, -0.05) is 23.7 Å².